The van der Waals surface area contributed by atoms with E-state index < -0.39 is 25.0 Å². The fourth-order valence-electron chi connectivity index (χ4n) is 1.29. The van der Waals surface area contributed by atoms with E-state index in [1.807, 2.05) is 0 Å². The Kier molecular flexibility index (Phi) is 4.60. The van der Waals surface area contributed by atoms with Gasteiger partial charge in [-0.3, -0.25) is 9.59 Å². The Labute approximate surface area is 107 Å². The van der Waals surface area contributed by atoms with Crippen molar-refractivity contribution in [3.8, 4) is 0 Å². The lowest BCUT2D eigenvalue weighted by molar-refractivity contribution is -0.136. The van der Waals surface area contributed by atoms with E-state index in [0.717, 1.165) is 4.90 Å². The van der Waals surface area contributed by atoms with Crippen LogP contribution < -0.4 is 4.90 Å². The second kappa shape index (κ2) is 5.75. The fourth-order valence-corrected chi connectivity index (χ4v) is 1.82. The van der Waals surface area contributed by atoms with Gasteiger partial charge < -0.3 is 15.1 Å². The molecule has 1 aromatic carbocycles. The number of rotatable bonds is 5. The number of hydrogen-bond acceptors (Lipinski definition) is 3. The standard InChI is InChI=1S/C10H9Cl2NO4/c11-6-1-2-8(7(12)3-6)13(4-9(14)15)5-10(16)17/h1-3H,4-5H2,(H,14,15)(H,16,17). The summed E-state index contributed by atoms with van der Waals surface area (Å²) in [5.74, 6) is -2.28. The summed E-state index contributed by atoms with van der Waals surface area (Å²) in [4.78, 5) is 22.4. The van der Waals surface area contributed by atoms with Crippen LogP contribution in [0.2, 0.25) is 10.0 Å². The number of halogens is 2. The summed E-state index contributed by atoms with van der Waals surface area (Å²) in [5.41, 5.74) is 0.320. The molecule has 1 aromatic rings. The molecule has 0 spiro atoms. The predicted molar refractivity (Wildman–Crippen MR) is 63.9 cm³/mol. The Morgan fingerprint density at radius 2 is 1.65 bits per heavy atom. The SMILES string of the molecule is O=C(O)CN(CC(=O)O)c1ccc(Cl)cc1Cl. The van der Waals surface area contributed by atoms with E-state index in [9.17, 15) is 9.59 Å². The first-order valence-electron chi connectivity index (χ1n) is 4.53. The lowest BCUT2D eigenvalue weighted by Crippen LogP contribution is -2.34. The van der Waals surface area contributed by atoms with Gasteiger partial charge in [0, 0.05) is 5.02 Å². The summed E-state index contributed by atoms with van der Waals surface area (Å²) in [6.45, 7) is -0.901. The maximum atomic E-state index is 10.6. The van der Waals surface area contributed by atoms with Gasteiger partial charge >= 0.3 is 11.9 Å². The second-order valence-corrected chi connectivity index (χ2v) is 4.08. The van der Waals surface area contributed by atoms with Crippen molar-refractivity contribution in [2.45, 2.75) is 0 Å². The molecule has 0 unspecified atom stereocenters. The Morgan fingerprint density at radius 3 is 2.06 bits per heavy atom. The quantitative estimate of drug-likeness (QED) is 0.861. The lowest BCUT2D eigenvalue weighted by Gasteiger charge is -2.21. The van der Waals surface area contributed by atoms with Crippen molar-refractivity contribution < 1.29 is 19.8 Å². The van der Waals surface area contributed by atoms with Gasteiger partial charge in [0.25, 0.3) is 0 Å². The molecule has 0 radical (unpaired) electrons. The number of nitrogens with zero attached hydrogens (tertiary/aromatic N) is 1. The minimum atomic E-state index is -1.14. The monoisotopic (exact) mass is 277 g/mol. The molecule has 92 valence electrons. The molecule has 0 saturated heterocycles. The van der Waals surface area contributed by atoms with Crippen LogP contribution in [0.1, 0.15) is 0 Å². The van der Waals surface area contributed by atoms with Gasteiger partial charge in [-0.2, -0.15) is 0 Å². The van der Waals surface area contributed by atoms with E-state index in [0.29, 0.717) is 10.7 Å². The van der Waals surface area contributed by atoms with Crippen LogP contribution in [-0.2, 0) is 9.59 Å². The van der Waals surface area contributed by atoms with Gasteiger partial charge in [-0.05, 0) is 18.2 Å². The van der Waals surface area contributed by atoms with E-state index in [1.54, 1.807) is 0 Å². The molecule has 0 aliphatic heterocycles. The molecule has 0 amide bonds. The van der Waals surface area contributed by atoms with E-state index in [4.69, 9.17) is 33.4 Å². The Morgan fingerprint density at radius 1 is 1.12 bits per heavy atom. The third-order valence-corrected chi connectivity index (χ3v) is 2.44. The van der Waals surface area contributed by atoms with Crippen LogP contribution in [-0.4, -0.2) is 35.2 Å². The molecule has 0 aromatic heterocycles. The zero-order valence-electron chi connectivity index (χ0n) is 8.56. The van der Waals surface area contributed by atoms with Gasteiger partial charge in [0.1, 0.15) is 13.1 Å². The van der Waals surface area contributed by atoms with Gasteiger partial charge in [0.05, 0.1) is 10.7 Å². The normalized spacial score (nSPS) is 10.0. The molecule has 7 heteroatoms. The number of carboxylic acids is 2. The number of carbonyl (C=O) groups is 2. The van der Waals surface area contributed by atoms with Crippen molar-refractivity contribution in [1.82, 2.24) is 0 Å². The number of hydrogen-bond donors (Lipinski definition) is 2. The molecule has 1 rings (SSSR count). The van der Waals surface area contributed by atoms with Crippen molar-refractivity contribution in [3.05, 3.63) is 28.2 Å². The Balaban J connectivity index is 3.02. The van der Waals surface area contributed by atoms with Crippen LogP contribution >= 0.6 is 23.2 Å². The summed E-state index contributed by atoms with van der Waals surface area (Å²) in [6.07, 6.45) is 0. The van der Waals surface area contributed by atoms with Gasteiger partial charge in [-0.25, -0.2) is 0 Å². The summed E-state index contributed by atoms with van der Waals surface area (Å²) >= 11 is 11.6. The smallest absolute Gasteiger partial charge is 0.323 e. The number of aliphatic carboxylic acids is 2. The largest absolute Gasteiger partial charge is 0.480 e. The van der Waals surface area contributed by atoms with Crippen LogP contribution in [0.15, 0.2) is 18.2 Å². The molecule has 0 saturated carbocycles. The molecule has 17 heavy (non-hydrogen) atoms. The summed E-state index contributed by atoms with van der Waals surface area (Å²) in [5, 5.41) is 18.0. The van der Waals surface area contributed by atoms with Gasteiger partial charge in [-0.1, -0.05) is 23.2 Å². The molecule has 5 nitrogen and oxygen atoms in total. The highest BCUT2D eigenvalue weighted by molar-refractivity contribution is 6.36. The minimum Gasteiger partial charge on any atom is -0.480 e. The van der Waals surface area contributed by atoms with Crippen molar-refractivity contribution in [2.24, 2.45) is 0 Å². The second-order valence-electron chi connectivity index (χ2n) is 3.24. The molecule has 0 heterocycles. The van der Waals surface area contributed by atoms with Crippen molar-refractivity contribution in [2.75, 3.05) is 18.0 Å². The maximum absolute atomic E-state index is 10.6. The van der Waals surface area contributed by atoms with Crippen molar-refractivity contribution >= 4 is 40.8 Å². The third kappa shape index (κ3) is 4.13. The van der Waals surface area contributed by atoms with Crippen molar-refractivity contribution in [3.63, 3.8) is 0 Å². The molecule has 2 N–H and O–H groups in total. The summed E-state index contributed by atoms with van der Waals surface area (Å²) in [6, 6.07) is 4.42. The Bertz CT molecular complexity index is 434. The highest BCUT2D eigenvalue weighted by Gasteiger charge is 2.16. The molecule has 0 bridgehead atoms. The first kappa shape index (κ1) is 13.6. The first-order valence-corrected chi connectivity index (χ1v) is 5.29. The number of anilines is 1. The average Bonchev–Trinajstić information content (AvgIpc) is 2.14. The molecular formula is C10H9Cl2NO4. The van der Waals surface area contributed by atoms with Gasteiger partial charge in [-0.15, -0.1) is 0 Å². The average molecular weight is 278 g/mol. The predicted octanol–water partition coefficient (Wildman–Crippen LogP) is 1.97. The maximum Gasteiger partial charge on any atom is 0.323 e. The summed E-state index contributed by atoms with van der Waals surface area (Å²) in [7, 11) is 0. The zero-order valence-corrected chi connectivity index (χ0v) is 10.1. The lowest BCUT2D eigenvalue weighted by atomic mass is 10.2. The van der Waals surface area contributed by atoms with E-state index in [-0.39, 0.29) is 5.02 Å². The first-order chi connectivity index (χ1) is 7.90. The van der Waals surface area contributed by atoms with E-state index in [1.165, 1.54) is 18.2 Å². The minimum absolute atomic E-state index is 0.208. The molecule has 0 atom stereocenters. The van der Waals surface area contributed by atoms with Crippen LogP contribution in [0, 0.1) is 0 Å². The molecular weight excluding hydrogens is 269 g/mol. The van der Waals surface area contributed by atoms with Crippen LogP contribution in [0.3, 0.4) is 0 Å². The number of benzene rings is 1. The van der Waals surface area contributed by atoms with Gasteiger partial charge in [0.15, 0.2) is 0 Å². The highest BCUT2D eigenvalue weighted by atomic mass is 35.5. The van der Waals surface area contributed by atoms with Crippen LogP contribution in [0.5, 0.6) is 0 Å². The van der Waals surface area contributed by atoms with Crippen molar-refractivity contribution in [1.29, 1.82) is 0 Å². The number of carboxylic acid groups (broad SMARTS) is 2. The van der Waals surface area contributed by atoms with Gasteiger partial charge in [0.2, 0.25) is 0 Å². The Hall–Kier alpha value is -1.46. The van der Waals surface area contributed by atoms with Crippen LogP contribution in [0.4, 0.5) is 5.69 Å². The third-order valence-electron chi connectivity index (χ3n) is 1.90. The zero-order chi connectivity index (χ0) is 13.0. The molecule has 0 aliphatic carbocycles. The van der Waals surface area contributed by atoms with E-state index >= 15 is 0 Å². The molecule has 0 aliphatic rings. The topological polar surface area (TPSA) is 77.8 Å². The fraction of sp³-hybridized carbons (Fsp3) is 0.200. The van der Waals surface area contributed by atoms with E-state index in [2.05, 4.69) is 0 Å². The summed E-state index contributed by atoms with van der Waals surface area (Å²) < 4.78 is 0. The highest BCUT2D eigenvalue weighted by Crippen LogP contribution is 2.28. The van der Waals surface area contributed by atoms with Crippen LogP contribution in [0.25, 0.3) is 0 Å². The molecule has 0 fully saturated rings.